The molecular formula is C20H20F2N4O2. The van der Waals surface area contributed by atoms with Gasteiger partial charge in [0.25, 0.3) is 0 Å². The molecule has 146 valence electrons. The van der Waals surface area contributed by atoms with Crippen LogP contribution in [0.15, 0.2) is 40.7 Å². The molecule has 0 bridgehead atoms. The quantitative estimate of drug-likeness (QED) is 0.637. The Balaban J connectivity index is 2.39. The number of benzene rings is 1. The Morgan fingerprint density at radius 1 is 1.36 bits per heavy atom. The molecule has 0 aliphatic carbocycles. The van der Waals surface area contributed by atoms with Crippen LogP contribution in [0.3, 0.4) is 0 Å². The molecule has 1 aromatic rings. The van der Waals surface area contributed by atoms with Gasteiger partial charge in [-0.05, 0) is 44.3 Å². The van der Waals surface area contributed by atoms with Crippen molar-refractivity contribution >= 4 is 18.8 Å². The number of rotatable bonds is 4. The van der Waals surface area contributed by atoms with Gasteiger partial charge in [0.2, 0.25) is 0 Å². The monoisotopic (exact) mass is 386 g/mol. The van der Waals surface area contributed by atoms with Gasteiger partial charge in [-0.2, -0.15) is 0 Å². The molecule has 0 fully saturated rings. The zero-order chi connectivity index (χ0) is 20.8. The number of carbonyl (C=O) groups excluding carboxylic acids is 2. The van der Waals surface area contributed by atoms with Gasteiger partial charge in [0.05, 0.1) is 5.70 Å². The maximum Gasteiger partial charge on any atom is 0.355 e. The van der Waals surface area contributed by atoms with Crippen LogP contribution < -0.4 is 5.32 Å². The number of hydrogen-bond acceptors (Lipinski definition) is 3. The fourth-order valence-electron chi connectivity index (χ4n) is 2.68. The van der Waals surface area contributed by atoms with E-state index in [1.165, 1.54) is 11.1 Å². The number of halogens is 2. The summed E-state index contributed by atoms with van der Waals surface area (Å²) in [6, 6.07) is 0.303. The molecule has 0 radical (unpaired) electrons. The molecule has 0 saturated heterocycles. The van der Waals surface area contributed by atoms with Crippen LogP contribution in [0.25, 0.3) is 0 Å². The van der Waals surface area contributed by atoms with Crippen molar-refractivity contribution in [3.05, 3.63) is 58.4 Å². The molecule has 0 spiro atoms. The number of urea groups is 2. The lowest BCUT2D eigenvalue weighted by molar-refractivity contribution is 0.167. The lowest BCUT2D eigenvalue weighted by Gasteiger charge is -2.29. The second-order valence-electron chi connectivity index (χ2n) is 6.08. The number of dihydropyridines is 1. The van der Waals surface area contributed by atoms with Crippen LogP contribution >= 0.6 is 0 Å². The third-order valence-corrected chi connectivity index (χ3v) is 4.12. The molecule has 0 aromatic heterocycles. The van der Waals surface area contributed by atoms with Crippen molar-refractivity contribution < 1.29 is 18.4 Å². The van der Waals surface area contributed by atoms with Gasteiger partial charge < -0.3 is 10.2 Å². The normalized spacial score (nSPS) is 12.8. The van der Waals surface area contributed by atoms with Crippen molar-refractivity contribution in [3.63, 3.8) is 0 Å². The van der Waals surface area contributed by atoms with E-state index < -0.39 is 23.7 Å². The molecule has 0 saturated carbocycles. The average molecular weight is 386 g/mol. The van der Waals surface area contributed by atoms with Crippen LogP contribution in [0, 0.1) is 24.0 Å². The summed E-state index contributed by atoms with van der Waals surface area (Å²) in [5.74, 6) is 0.135. The van der Waals surface area contributed by atoms with Crippen LogP contribution in [-0.2, 0) is 6.54 Å². The number of carbonyl (C=O) groups is 2. The van der Waals surface area contributed by atoms with Crippen molar-refractivity contribution in [3.8, 4) is 12.3 Å². The maximum absolute atomic E-state index is 13.7. The Kier molecular flexibility index (Phi) is 6.66. The Bertz CT molecular complexity index is 916. The van der Waals surface area contributed by atoms with Gasteiger partial charge in [-0.25, -0.2) is 28.3 Å². The predicted molar refractivity (Wildman–Crippen MR) is 102 cm³/mol. The van der Waals surface area contributed by atoms with Crippen LogP contribution in [0.1, 0.15) is 25.0 Å². The van der Waals surface area contributed by atoms with E-state index in [4.69, 9.17) is 6.42 Å². The van der Waals surface area contributed by atoms with Crippen molar-refractivity contribution in [2.75, 3.05) is 13.1 Å². The fourth-order valence-corrected chi connectivity index (χ4v) is 2.68. The molecule has 1 N–H and O–H groups in total. The summed E-state index contributed by atoms with van der Waals surface area (Å²) < 4.78 is 27.1. The highest BCUT2D eigenvalue weighted by atomic mass is 19.2. The Labute approximate surface area is 162 Å². The largest absolute Gasteiger partial charge is 0.385 e. The van der Waals surface area contributed by atoms with E-state index in [0.717, 1.165) is 22.6 Å². The van der Waals surface area contributed by atoms with Crippen molar-refractivity contribution in [2.45, 2.75) is 20.4 Å². The van der Waals surface area contributed by atoms with Gasteiger partial charge in [0, 0.05) is 31.4 Å². The molecule has 4 amide bonds. The van der Waals surface area contributed by atoms with Gasteiger partial charge in [0.1, 0.15) is 0 Å². The molecular weight excluding hydrogens is 366 g/mol. The third-order valence-electron chi connectivity index (χ3n) is 4.12. The van der Waals surface area contributed by atoms with E-state index in [9.17, 15) is 18.4 Å². The van der Waals surface area contributed by atoms with Gasteiger partial charge in [-0.15, -0.1) is 6.42 Å². The van der Waals surface area contributed by atoms with Crippen LogP contribution in [-0.4, -0.2) is 41.7 Å². The van der Waals surface area contributed by atoms with Gasteiger partial charge >= 0.3 is 12.1 Å². The number of terminal acetylenes is 1. The second kappa shape index (κ2) is 8.95. The summed E-state index contributed by atoms with van der Waals surface area (Å²) in [5, 5.41) is 2.96. The Morgan fingerprint density at radius 2 is 2.04 bits per heavy atom. The Morgan fingerprint density at radius 3 is 2.61 bits per heavy atom. The number of allylic oxidation sites excluding steroid dienone is 1. The molecule has 1 aliphatic rings. The van der Waals surface area contributed by atoms with Crippen molar-refractivity contribution in [1.82, 2.24) is 15.1 Å². The minimum absolute atomic E-state index is 0.115. The zero-order valence-corrected chi connectivity index (χ0v) is 15.6. The topological polar surface area (TPSA) is 65.0 Å². The van der Waals surface area contributed by atoms with Crippen LogP contribution in [0.2, 0.25) is 0 Å². The number of hydrogen-bond donors (Lipinski definition) is 1. The number of nitrogens with zero attached hydrogens (tertiary/aromatic N) is 3. The maximum atomic E-state index is 13.7. The second-order valence-corrected chi connectivity index (χ2v) is 6.08. The fraction of sp³-hybridized carbons (Fsp3) is 0.250. The molecule has 1 aromatic carbocycles. The summed E-state index contributed by atoms with van der Waals surface area (Å²) in [5.41, 5.74) is 1.58. The highest BCUT2D eigenvalue weighted by molar-refractivity contribution is 5.98. The minimum atomic E-state index is -1.07. The molecule has 28 heavy (non-hydrogen) atoms. The van der Waals surface area contributed by atoms with Crippen LogP contribution in [0.5, 0.6) is 0 Å². The van der Waals surface area contributed by atoms with E-state index in [1.54, 1.807) is 13.0 Å². The summed E-state index contributed by atoms with van der Waals surface area (Å²) in [6.45, 7) is 7.38. The van der Waals surface area contributed by atoms with Gasteiger partial charge in [-0.3, -0.25) is 0 Å². The first kappa shape index (κ1) is 20.8. The van der Waals surface area contributed by atoms with E-state index in [0.29, 0.717) is 12.2 Å². The first-order valence-electron chi connectivity index (χ1n) is 8.47. The highest BCUT2D eigenvalue weighted by Crippen LogP contribution is 2.20. The molecule has 0 atom stereocenters. The zero-order valence-electron chi connectivity index (χ0n) is 15.6. The summed E-state index contributed by atoms with van der Waals surface area (Å²) >= 11 is 0. The molecule has 0 unspecified atom stereocenters. The summed E-state index contributed by atoms with van der Waals surface area (Å²) in [4.78, 5) is 30.8. The smallest absolute Gasteiger partial charge is 0.355 e. The highest BCUT2D eigenvalue weighted by Gasteiger charge is 2.29. The lowest BCUT2D eigenvalue weighted by Crippen LogP contribution is -2.45. The van der Waals surface area contributed by atoms with Gasteiger partial charge in [-0.1, -0.05) is 11.5 Å². The molecule has 1 heterocycles. The van der Waals surface area contributed by atoms with E-state index >= 15 is 0 Å². The number of aliphatic imine (C=N–C) groups is 1. The third kappa shape index (κ3) is 4.43. The van der Waals surface area contributed by atoms with E-state index in [1.807, 2.05) is 6.92 Å². The van der Waals surface area contributed by atoms with Crippen molar-refractivity contribution in [1.29, 1.82) is 0 Å². The number of amides is 4. The molecule has 6 nitrogen and oxygen atoms in total. The standard InChI is InChI=1S/C20H20F2N4O2/c1-5-14-8-17(21)18(22)9-15(14)12-25(6-2)20(28)26(19(27)23-4)16-7-13(3)10-24-11-16/h1,7-9,11,24H,4,6,10,12H2,2-3H3. The molecule has 1 aliphatic heterocycles. The number of nitrogens with one attached hydrogen (secondary N) is 1. The summed E-state index contributed by atoms with van der Waals surface area (Å²) in [6.07, 6.45) is 8.57. The lowest BCUT2D eigenvalue weighted by atomic mass is 10.1. The Hall–Kier alpha value is -3.47. The van der Waals surface area contributed by atoms with Gasteiger partial charge in [0.15, 0.2) is 11.6 Å². The minimum Gasteiger partial charge on any atom is -0.385 e. The molecule has 8 heteroatoms. The number of imide groups is 1. The first-order valence-corrected chi connectivity index (χ1v) is 8.47. The first-order chi connectivity index (χ1) is 13.3. The predicted octanol–water partition coefficient (Wildman–Crippen LogP) is 3.40. The van der Waals surface area contributed by atoms with E-state index in [-0.39, 0.29) is 24.2 Å². The average Bonchev–Trinajstić information content (AvgIpc) is 2.68. The van der Waals surface area contributed by atoms with Crippen molar-refractivity contribution in [2.24, 2.45) is 4.99 Å². The molecule has 2 rings (SSSR count). The van der Waals surface area contributed by atoms with Crippen LogP contribution in [0.4, 0.5) is 18.4 Å². The SMILES string of the molecule is C#Cc1cc(F)c(F)cc1CN(CC)C(=O)N(C(=O)N=C)C1=CNCC(C)=C1. The van der Waals surface area contributed by atoms with E-state index in [2.05, 4.69) is 22.9 Å². The summed E-state index contributed by atoms with van der Waals surface area (Å²) in [7, 11) is 0.